The third-order valence-electron chi connectivity index (χ3n) is 4.18. The monoisotopic (exact) mass is 351 g/mol. The minimum Gasteiger partial charge on any atom is -0.493 e. The van der Waals surface area contributed by atoms with Gasteiger partial charge in [-0.25, -0.2) is 0 Å². The number of amides is 1. The first-order valence-corrected chi connectivity index (χ1v) is 8.22. The van der Waals surface area contributed by atoms with Crippen molar-refractivity contribution < 1.29 is 19.0 Å². The van der Waals surface area contributed by atoms with Crippen molar-refractivity contribution in [3.63, 3.8) is 0 Å². The number of nitrogens with one attached hydrogen (secondary N) is 1. The molecule has 1 N–H and O–H groups in total. The summed E-state index contributed by atoms with van der Waals surface area (Å²) in [6.07, 6.45) is 0.276. The summed E-state index contributed by atoms with van der Waals surface area (Å²) >= 11 is 0. The van der Waals surface area contributed by atoms with Crippen molar-refractivity contribution >= 4 is 22.4 Å². The molecule has 5 heteroatoms. The van der Waals surface area contributed by atoms with Crippen molar-refractivity contribution in [3.8, 4) is 17.2 Å². The van der Waals surface area contributed by atoms with Gasteiger partial charge < -0.3 is 19.5 Å². The van der Waals surface area contributed by atoms with Crippen molar-refractivity contribution in [2.75, 3.05) is 26.6 Å². The first kappa shape index (κ1) is 17.6. The normalized spacial score (nSPS) is 10.4. The highest BCUT2D eigenvalue weighted by atomic mass is 16.5. The van der Waals surface area contributed by atoms with Crippen LogP contribution in [0.5, 0.6) is 17.2 Å². The molecule has 0 bridgehead atoms. The van der Waals surface area contributed by atoms with Crippen molar-refractivity contribution in [2.45, 2.75) is 6.42 Å². The molecule has 26 heavy (non-hydrogen) atoms. The number of methoxy groups -OCH3 is 3. The van der Waals surface area contributed by atoms with Crippen LogP contribution in [0.15, 0.2) is 54.6 Å². The largest absolute Gasteiger partial charge is 0.493 e. The van der Waals surface area contributed by atoms with Crippen LogP contribution in [0, 0.1) is 0 Å². The van der Waals surface area contributed by atoms with Crippen LogP contribution in [0.25, 0.3) is 10.8 Å². The fourth-order valence-electron chi connectivity index (χ4n) is 2.98. The Kier molecular flexibility index (Phi) is 5.27. The van der Waals surface area contributed by atoms with E-state index in [4.69, 9.17) is 14.2 Å². The molecule has 0 heterocycles. The highest BCUT2D eigenvalue weighted by Gasteiger charge is 2.15. The summed E-state index contributed by atoms with van der Waals surface area (Å²) in [5.41, 5.74) is 1.57. The average molecular weight is 351 g/mol. The van der Waals surface area contributed by atoms with Crippen LogP contribution >= 0.6 is 0 Å². The van der Waals surface area contributed by atoms with E-state index in [-0.39, 0.29) is 12.3 Å². The minimum atomic E-state index is -0.115. The number of hydrogen-bond acceptors (Lipinski definition) is 4. The lowest BCUT2D eigenvalue weighted by molar-refractivity contribution is -0.115. The standard InChI is InChI=1S/C21H21NO4/c1-24-18-12-16(13-19(25-2)21(18)26-3)22-20(23)11-15-9-6-8-14-7-4-5-10-17(14)15/h4-10,12-13H,11H2,1-3H3,(H,22,23). The number of rotatable bonds is 6. The maximum Gasteiger partial charge on any atom is 0.228 e. The van der Waals surface area contributed by atoms with Crippen molar-refractivity contribution in [2.24, 2.45) is 0 Å². The quantitative estimate of drug-likeness (QED) is 0.728. The van der Waals surface area contributed by atoms with Crippen LogP contribution in [0.2, 0.25) is 0 Å². The molecule has 3 rings (SSSR count). The van der Waals surface area contributed by atoms with Crippen LogP contribution < -0.4 is 19.5 Å². The minimum absolute atomic E-state index is 0.115. The van der Waals surface area contributed by atoms with Gasteiger partial charge in [0.05, 0.1) is 27.8 Å². The molecule has 0 unspecified atom stereocenters. The Balaban J connectivity index is 1.84. The molecule has 0 saturated heterocycles. The third kappa shape index (κ3) is 3.57. The summed E-state index contributed by atoms with van der Waals surface area (Å²) in [6, 6.07) is 17.4. The lowest BCUT2D eigenvalue weighted by Gasteiger charge is -2.15. The van der Waals surface area contributed by atoms with Gasteiger partial charge in [0.1, 0.15) is 0 Å². The molecule has 0 saturated carbocycles. The summed E-state index contributed by atoms with van der Waals surface area (Å²) in [5, 5.41) is 5.10. The lowest BCUT2D eigenvalue weighted by Crippen LogP contribution is -2.15. The molecule has 0 atom stereocenters. The van der Waals surface area contributed by atoms with E-state index in [9.17, 15) is 4.79 Å². The highest BCUT2D eigenvalue weighted by Crippen LogP contribution is 2.39. The van der Waals surface area contributed by atoms with Gasteiger partial charge >= 0.3 is 0 Å². The molecule has 134 valence electrons. The van der Waals surface area contributed by atoms with E-state index in [0.29, 0.717) is 22.9 Å². The zero-order valence-corrected chi connectivity index (χ0v) is 15.0. The van der Waals surface area contributed by atoms with Gasteiger partial charge in [0.15, 0.2) is 11.5 Å². The average Bonchev–Trinajstić information content (AvgIpc) is 2.67. The molecular formula is C21H21NO4. The second-order valence-corrected chi connectivity index (χ2v) is 5.78. The molecule has 0 spiro atoms. The van der Waals surface area contributed by atoms with Gasteiger partial charge in [-0.3, -0.25) is 4.79 Å². The number of hydrogen-bond donors (Lipinski definition) is 1. The number of benzene rings is 3. The van der Waals surface area contributed by atoms with Crippen LogP contribution in [0.3, 0.4) is 0 Å². The fourth-order valence-corrected chi connectivity index (χ4v) is 2.98. The number of carbonyl (C=O) groups excluding carboxylic acids is 1. The van der Waals surface area contributed by atoms with Gasteiger partial charge in [0.25, 0.3) is 0 Å². The third-order valence-corrected chi connectivity index (χ3v) is 4.18. The van der Waals surface area contributed by atoms with Gasteiger partial charge in [0.2, 0.25) is 11.7 Å². The number of fused-ring (bicyclic) bond motifs is 1. The Hall–Kier alpha value is -3.21. The van der Waals surface area contributed by atoms with E-state index in [1.165, 1.54) is 0 Å². The molecule has 3 aromatic carbocycles. The Labute approximate surface area is 152 Å². The summed E-state index contributed by atoms with van der Waals surface area (Å²) in [4.78, 5) is 12.6. The van der Waals surface area contributed by atoms with Crippen molar-refractivity contribution in [1.82, 2.24) is 0 Å². The smallest absolute Gasteiger partial charge is 0.228 e. The lowest BCUT2D eigenvalue weighted by atomic mass is 10.0. The zero-order chi connectivity index (χ0) is 18.5. The molecule has 3 aromatic rings. The molecular weight excluding hydrogens is 330 g/mol. The summed E-state index contributed by atoms with van der Waals surface area (Å²) in [5.74, 6) is 1.36. The summed E-state index contributed by atoms with van der Waals surface area (Å²) in [6.45, 7) is 0. The number of carbonyl (C=O) groups is 1. The summed E-state index contributed by atoms with van der Waals surface area (Å²) in [7, 11) is 4.62. The molecule has 0 aromatic heterocycles. The van der Waals surface area contributed by atoms with Crippen LogP contribution in [-0.4, -0.2) is 27.2 Å². The predicted octanol–water partition coefficient (Wildman–Crippen LogP) is 4.05. The van der Waals surface area contributed by atoms with Gasteiger partial charge in [-0.2, -0.15) is 0 Å². The van der Waals surface area contributed by atoms with Crippen molar-refractivity contribution in [1.29, 1.82) is 0 Å². The first-order valence-electron chi connectivity index (χ1n) is 8.22. The van der Waals surface area contributed by atoms with E-state index in [0.717, 1.165) is 16.3 Å². The van der Waals surface area contributed by atoms with E-state index in [1.807, 2.05) is 42.5 Å². The maximum atomic E-state index is 12.6. The predicted molar refractivity (Wildman–Crippen MR) is 102 cm³/mol. The SMILES string of the molecule is COc1cc(NC(=O)Cc2cccc3ccccc23)cc(OC)c1OC. The van der Waals surface area contributed by atoms with Gasteiger partial charge in [-0.15, -0.1) is 0 Å². The van der Waals surface area contributed by atoms with E-state index in [1.54, 1.807) is 33.5 Å². The molecule has 0 radical (unpaired) electrons. The van der Waals surface area contributed by atoms with E-state index >= 15 is 0 Å². The molecule has 0 aliphatic rings. The maximum absolute atomic E-state index is 12.6. The van der Waals surface area contributed by atoms with Gasteiger partial charge in [0, 0.05) is 17.8 Å². The Morgan fingerprint density at radius 3 is 2.19 bits per heavy atom. The number of ether oxygens (including phenoxy) is 3. The second kappa shape index (κ2) is 7.78. The van der Waals surface area contributed by atoms with Crippen LogP contribution in [-0.2, 0) is 11.2 Å². The van der Waals surface area contributed by atoms with Crippen LogP contribution in [0.1, 0.15) is 5.56 Å². The van der Waals surface area contributed by atoms with Crippen molar-refractivity contribution in [3.05, 3.63) is 60.2 Å². The van der Waals surface area contributed by atoms with Gasteiger partial charge in [-0.05, 0) is 16.3 Å². The first-order chi connectivity index (χ1) is 12.7. The molecule has 1 amide bonds. The Morgan fingerprint density at radius 1 is 0.885 bits per heavy atom. The van der Waals surface area contributed by atoms with Crippen LogP contribution in [0.4, 0.5) is 5.69 Å². The fraction of sp³-hybridized carbons (Fsp3) is 0.190. The van der Waals surface area contributed by atoms with Gasteiger partial charge in [-0.1, -0.05) is 42.5 Å². The topological polar surface area (TPSA) is 56.8 Å². The molecule has 0 aliphatic heterocycles. The molecule has 0 fully saturated rings. The molecule has 0 aliphatic carbocycles. The Morgan fingerprint density at radius 2 is 1.54 bits per heavy atom. The molecule has 5 nitrogen and oxygen atoms in total. The highest BCUT2D eigenvalue weighted by molar-refractivity contribution is 5.96. The van der Waals surface area contributed by atoms with E-state index < -0.39 is 0 Å². The zero-order valence-electron chi connectivity index (χ0n) is 15.0. The second-order valence-electron chi connectivity index (χ2n) is 5.78. The summed E-state index contributed by atoms with van der Waals surface area (Å²) < 4.78 is 15.9. The Bertz CT molecular complexity index is 906. The number of anilines is 1. The van der Waals surface area contributed by atoms with E-state index in [2.05, 4.69) is 5.32 Å².